The molecule has 0 saturated heterocycles. The normalized spacial score (nSPS) is 13.6. The van der Waals surface area contributed by atoms with E-state index in [0.717, 1.165) is 180 Å². The van der Waals surface area contributed by atoms with E-state index in [-0.39, 0.29) is 44.0 Å². The minimum atomic E-state index is -0.840. The summed E-state index contributed by atoms with van der Waals surface area (Å²) in [6.07, 6.45) is 103. The molecule has 1 atom stereocenters. The van der Waals surface area contributed by atoms with E-state index < -0.39 is 6.10 Å². The van der Waals surface area contributed by atoms with Crippen LogP contribution in [-0.4, -0.2) is 37.2 Å². The molecule has 0 radical (unpaired) electrons. The Labute approximate surface area is 496 Å². The van der Waals surface area contributed by atoms with Crippen molar-refractivity contribution < 1.29 is 28.6 Å². The van der Waals surface area contributed by atoms with Gasteiger partial charge in [0.25, 0.3) is 0 Å². The number of esters is 3. The highest BCUT2D eigenvalue weighted by molar-refractivity contribution is 5.71. The van der Waals surface area contributed by atoms with Gasteiger partial charge in [0.2, 0.25) is 0 Å². The summed E-state index contributed by atoms with van der Waals surface area (Å²) in [5.41, 5.74) is 0. The minimum Gasteiger partial charge on any atom is -0.462 e. The first-order chi connectivity index (χ1) is 40.0. The Morgan fingerprint density at radius 1 is 0.247 bits per heavy atom. The molecular formula is C75H112O6. The summed E-state index contributed by atoms with van der Waals surface area (Å²) < 4.78 is 16.8. The molecule has 81 heavy (non-hydrogen) atoms. The monoisotopic (exact) mass is 1110 g/mol. The second-order valence-electron chi connectivity index (χ2n) is 19.8. The number of ether oxygens (including phenoxy) is 3. The quantitative estimate of drug-likeness (QED) is 0.0261. The predicted octanol–water partition coefficient (Wildman–Crippen LogP) is 22.0. The fraction of sp³-hybridized carbons (Fsp3) is 0.507. The summed E-state index contributed by atoms with van der Waals surface area (Å²) in [5.74, 6) is -1.07. The molecule has 0 aliphatic carbocycles. The van der Waals surface area contributed by atoms with Crippen LogP contribution < -0.4 is 0 Å². The minimum absolute atomic E-state index is 0.132. The fourth-order valence-electron chi connectivity index (χ4n) is 7.67. The first kappa shape index (κ1) is 75.0. The molecule has 0 aromatic heterocycles. The highest BCUT2D eigenvalue weighted by atomic mass is 16.6. The summed E-state index contributed by atoms with van der Waals surface area (Å²) in [5, 5.41) is 0. The predicted molar refractivity (Wildman–Crippen MR) is 352 cm³/mol. The van der Waals surface area contributed by atoms with Crippen LogP contribution in [0.2, 0.25) is 0 Å². The molecule has 0 aromatic carbocycles. The van der Waals surface area contributed by atoms with Crippen molar-refractivity contribution in [2.75, 3.05) is 13.2 Å². The molecule has 0 aromatic rings. The van der Waals surface area contributed by atoms with E-state index in [1.807, 2.05) is 12.2 Å². The van der Waals surface area contributed by atoms with Crippen LogP contribution >= 0.6 is 0 Å². The van der Waals surface area contributed by atoms with Gasteiger partial charge in [-0.2, -0.15) is 0 Å². The van der Waals surface area contributed by atoms with Gasteiger partial charge in [-0.3, -0.25) is 14.4 Å². The average molecular weight is 1110 g/mol. The van der Waals surface area contributed by atoms with Gasteiger partial charge >= 0.3 is 17.9 Å². The van der Waals surface area contributed by atoms with Crippen molar-refractivity contribution in [2.24, 2.45) is 0 Å². The van der Waals surface area contributed by atoms with Crippen molar-refractivity contribution >= 4 is 17.9 Å². The van der Waals surface area contributed by atoms with Gasteiger partial charge in [-0.1, -0.05) is 259 Å². The maximum Gasteiger partial charge on any atom is 0.306 e. The number of unbranched alkanes of at least 4 members (excludes halogenated alkanes) is 9. The third kappa shape index (κ3) is 64.7. The van der Waals surface area contributed by atoms with Gasteiger partial charge in [0.1, 0.15) is 13.2 Å². The fourth-order valence-corrected chi connectivity index (χ4v) is 7.67. The summed E-state index contributed by atoms with van der Waals surface area (Å²) >= 11 is 0. The van der Waals surface area contributed by atoms with Crippen LogP contribution in [-0.2, 0) is 28.6 Å². The molecule has 0 N–H and O–H groups in total. The zero-order valence-electron chi connectivity index (χ0n) is 51.2. The Balaban J connectivity index is 4.40. The lowest BCUT2D eigenvalue weighted by molar-refractivity contribution is -0.166. The second-order valence-corrected chi connectivity index (χ2v) is 19.8. The van der Waals surface area contributed by atoms with E-state index in [9.17, 15) is 14.4 Å². The molecule has 0 spiro atoms. The van der Waals surface area contributed by atoms with Crippen LogP contribution in [0.4, 0.5) is 0 Å². The van der Waals surface area contributed by atoms with Crippen LogP contribution in [0, 0.1) is 0 Å². The van der Waals surface area contributed by atoms with Gasteiger partial charge in [-0.25, -0.2) is 0 Å². The topological polar surface area (TPSA) is 78.9 Å². The third-order valence-corrected chi connectivity index (χ3v) is 12.3. The molecular weight excluding hydrogens is 997 g/mol. The van der Waals surface area contributed by atoms with Crippen LogP contribution in [0.1, 0.15) is 226 Å². The summed E-state index contributed by atoms with van der Waals surface area (Å²) in [6.45, 7) is 6.17. The van der Waals surface area contributed by atoms with Gasteiger partial charge in [0, 0.05) is 19.3 Å². The van der Waals surface area contributed by atoms with Gasteiger partial charge in [0.15, 0.2) is 6.10 Å². The van der Waals surface area contributed by atoms with E-state index in [4.69, 9.17) is 14.2 Å². The van der Waals surface area contributed by atoms with Crippen LogP contribution in [0.3, 0.4) is 0 Å². The Kier molecular flexibility index (Phi) is 61.6. The standard InChI is InChI=1S/C75H112O6/c1-4-7-10-13-16-19-22-25-27-28-29-30-31-32-33-34-35-36-37-38-39-40-41-42-43-44-45-46-48-50-53-56-59-62-65-68-74(77)80-71-72(70-79-73(76)67-64-61-58-55-52-49-24-21-18-15-12-9-6-3)81-75(78)69-66-63-60-57-54-51-47-26-23-20-17-14-11-8-5-2/h7-12,16-21,25-27,29-30,32-33,35-36,38-39,41-42,44-45,47-50,52,58,61,72H,4-6,13-15,22-24,28,31,34,37,40,43,46,51,53-57,59-60,62-71H2,1-3H3/b10-7-,11-8-,12-9-,19-16-,20-17-,21-18-,27-25-,30-29-,33-32-,36-35-,39-38-,42-41-,45-44-,47-26-,50-48-,52-49-,61-58-. The van der Waals surface area contributed by atoms with Crippen molar-refractivity contribution in [1.29, 1.82) is 0 Å². The van der Waals surface area contributed by atoms with Crippen LogP contribution in [0.25, 0.3) is 0 Å². The summed E-state index contributed by atoms with van der Waals surface area (Å²) in [7, 11) is 0. The molecule has 0 bridgehead atoms. The average Bonchev–Trinajstić information content (AvgIpc) is 3.46. The summed E-state index contributed by atoms with van der Waals surface area (Å²) in [4.78, 5) is 38.2. The van der Waals surface area contributed by atoms with Gasteiger partial charge < -0.3 is 14.2 Å². The van der Waals surface area contributed by atoms with E-state index >= 15 is 0 Å². The van der Waals surface area contributed by atoms with E-state index in [1.54, 1.807) is 0 Å². The van der Waals surface area contributed by atoms with Crippen molar-refractivity contribution in [1.82, 2.24) is 0 Å². The lowest BCUT2D eigenvalue weighted by Crippen LogP contribution is -2.30. The molecule has 448 valence electrons. The molecule has 6 heteroatoms. The molecule has 0 amide bonds. The number of rotatable bonds is 54. The highest BCUT2D eigenvalue weighted by Gasteiger charge is 2.19. The largest absolute Gasteiger partial charge is 0.462 e. The zero-order valence-corrected chi connectivity index (χ0v) is 51.2. The number of carbonyl (C=O) groups is 3. The van der Waals surface area contributed by atoms with Crippen molar-refractivity contribution in [3.63, 3.8) is 0 Å². The Morgan fingerprint density at radius 2 is 0.469 bits per heavy atom. The van der Waals surface area contributed by atoms with E-state index in [2.05, 4.69) is 215 Å². The maximum atomic E-state index is 12.9. The zero-order chi connectivity index (χ0) is 58.5. The third-order valence-electron chi connectivity index (χ3n) is 12.3. The molecule has 0 heterocycles. The number of hydrogen-bond acceptors (Lipinski definition) is 6. The van der Waals surface area contributed by atoms with Gasteiger partial charge in [-0.15, -0.1) is 0 Å². The van der Waals surface area contributed by atoms with Crippen LogP contribution in [0.15, 0.2) is 207 Å². The molecule has 0 aliphatic rings. The number of carbonyl (C=O) groups excluding carboxylic acids is 3. The highest BCUT2D eigenvalue weighted by Crippen LogP contribution is 2.12. The SMILES string of the molecule is CC/C=C\C/C=C\C/C=C\C/C=C\C/C=C\C/C=C\C/C=C\C/C=C\C/C=C\C/C=C\CCCCCCC(=O)OCC(COC(=O)CC/C=C\C/C=C\C/C=C\C/C=C\CC)OC(=O)CCCCCCC/C=C\C/C=C\C/C=C\CC. The molecule has 0 fully saturated rings. The molecule has 0 aliphatic heterocycles. The maximum absolute atomic E-state index is 12.9. The van der Waals surface area contributed by atoms with Gasteiger partial charge in [0.05, 0.1) is 0 Å². The van der Waals surface area contributed by atoms with Crippen LogP contribution in [0.5, 0.6) is 0 Å². The molecule has 1 unspecified atom stereocenters. The van der Waals surface area contributed by atoms with Gasteiger partial charge in [-0.05, 0) is 154 Å². The summed E-state index contributed by atoms with van der Waals surface area (Å²) in [6, 6.07) is 0. The first-order valence-corrected chi connectivity index (χ1v) is 31.6. The Hall–Kier alpha value is -6.01. The van der Waals surface area contributed by atoms with E-state index in [0.29, 0.717) is 12.8 Å². The van der Waals surface area contributed by atoms with Crippen molar-refractivity contribution in [3.8, 4) is 0 Å². The molecule has 6 nitrogen and oxygen atoms in total. The Morgan fingerprint density at radius 3 is 0.765 bits per heavy atom. The molecule has 0 saturated carbocycles. The number of allylic oxidation sites excluding steroid dienone is 34. The smallest absolute Gasteiger partial charge is 0.306 e. The van der Waals surface area contributed by atoms with Crippen molar-refractivity contribution in [2.45, 2.75) is 232 Å². The number of hydrogen-bond donors (Lipinski definition) is 0. The Bertz CT molecular complexity index is 2000. The second kappa shape index (κ2) is 66.5. The van der Waals surface area contributed by atoms with Crippen molar-refractivity contribution in [3.05, 3.63) is 207 Å². The molecule has 0 rings (SSSR count). The first-order valence-electron chi connectivity index (χ1n) is 31.6. The lowest BCUT2D eigenvalue weighted by atomic mass is 10.1. The lowest BCUT2D eigenvalue weighted by Gasteiger charge is -2.18. The van der Waals surface area contributed by atoms with E-state index in [1.165, 1.54) is 0 Å².